The van der Waals surface area contributed by atoms with Gasteiger partial charge < -0.3 is 9.88 Å². The summed E-state index contributed by atoms with van der Waals surface area (Å²) in [6.45, 7) is 2.15. The summed E-state index contributed by atoms with van der Waals surface area (Å²) < 4.78 is 27.8. The molecule has 1 unspecified atom stereocenters. The molecule has 2 N–H and O–H groups in total. The molecule has 0 aliphatic heterocycles. The predicted octanol–water partition coefficient (Wildman–Crippen LogP) is 4.68. The minimum absolute atomic E-state index is 0.295. The molecule has 4 aromatic rings. The summed E-state index contributed by atoms with van der Waals surface area (Å²) in [5, 5.41) is 16.0. The van der Waals surface area contributed by atoms with Crippen LogP contribution >= 0.6 is 0 Å². The van der Waals surface area contributed by atoms with Crippen LogP contribution in [0.4, 0.5) is 8.78 Å². The van der Waals surface area contributed by atoms with Gasteiger partial charge in [-0.3, -0.25) is 5.10 Å². The summed E-state index contributed by atoms with van der Waals surface area (Å²) in [5.74, 6) is 0.577. The van der Waals surface area contributed by atoms with E-state index >= 15 is 0 Å². The van der Waals surface area contributed by atoms with Gasteiger partial charge in [0, 0.05) is 23.4 Å². The standard InChI is InChI=1S/C23H24F2N6/c1-14(31(2)3)4-11-21-26-23(30-28-21)16-12-18-20(27-29-22(18)19(25)13-16)10-7-15-5-8-17(24)9-6-15/h5-10,12-14H,4,11H2,1-3H3,(H,27,29)(H,26,28,30)/b10-7+. The van der Waals surface area contributed by atoms with E-state index in [1.165, 1.54) is 18.2 Å². The lowest BCUT2D eigenvalue weighted by Crippen LogP contribution is -2.25. The van der Waals surface area contributed by atoms with Crippen LogP contribution in [0.1, 0.15) is 30.4 Å². The summed E-state index contributed by atoms with van der Waals surface area (Å²) in [6, 6.07) is 9.78. The molecule has 0 bridgehead atoms. The molecule has 0 saturated carbocycles. The van der Waals surface area contributed by atoms with Crippen molar-refractivity contribution in [1.29, 1.82) is 0 Å². The Balaban J connectivity index is 1.60. The minimum Gasteiger partial charge on any atom is -0.325 e. The molecule has 0 saturated heterocycles. The van der Waals surface area contributed by atoms with Crippen molar-refractivity contribution in [3.8, 4) is 11.4 Å². The number of aromatic amines is 2. The van der Waals surface area contributed by atoms with Gasteiger partial charge in [0.2, 0.25) is 0 Å². The van der Waals surface area contributed by atoms with Crippen LogP contribution in [0, 0.1) is 11.6 Å². The third-order valence-electron chi connectivity index (χ3n) is 5.45. The average molecular weight is 422 g/mol. The quantitative estimate of drug-likeness (QED) is 0.454. The van der Waals surface area contributed by atoms with Crippen LogP contribution in [0.15, 0.2) is 36.4 Å². The number of aryl methyl sites for hydroxylation is 1. The molecule has 8 heteroatoms. The van der Waals surface area contributed by atoms with Crippen molar-refractivity contribution in [3.63, 3.8) is 0 Å². The molecular formula is C23H24F2N6. The Labute approximate surface area is 179 Å². The van der Waals surface area contributed by atoms with Crippen molar-refractivity contribution >= 4 is 23.1 Å². The van der Waals surface area contributed by atoms with Crippen molar-refractivity contribution < 1.29 is 8.78 Å². The molecule has 0 aliphatic carbocycles. The Morgan fingerprint density at radius 3 is 2.58 bits per heavy atom. The van der Waals surface area contributed by atoms with E-state index in [1.54, 1.807) is 24.3 Å². The van der Waals surface area contributed by atoms with Gasteiger partial charge >= 0.3 is 0 Å². The topological polar surface area (TPSA) is 73.5 Å². The summed E-state index contributed by atoms with van der Waals surface area (Å²) in [7, 11) is 4.09. The van der Waals surface area contributed by atoms with E-state index in [2.05, 4.69) is 37.2 Å². The third kappa shape index (κ3) is 4.69. The van der Waals surface area contributed by atoms with Gasteiger partial charge in [-0.25, -0.2) is 8.78 Å². The van der Waals surface area contributed by atoms with Crippen molar-refractivity contribution in [2.45, 2.75) is 25.8 Å². The van der Waals surface area contributed by atoms with E-state index < -0.39 is 5.82 Å². The molecule has 2 heterocycles. The highest BCUT2D eigenvalue weighted by Gasteiger charge is 2.14. The largest absolute Gasteiger partial charge is 0.325 e. The molecule has 0 radical (unpaired) electrons. The fourth-order valence-electron chi connectivity index (χ4n) is 3.25. The molecule has 31 heavy (non-hydrogen) atoms. The second-order valence-corrected chi connectivity index (χ2v) is 7.85. The lowest BCUT2D eigenvalue weighted by atomic mass is 10.1. The number of nitrogens with zero attached hydrogens (tertiary/aromatic N) is 4. The Hall–Kier alpha value is -3.39. The highest BCUT2D eigenvalue weighted by Crippen LogP contribution is 2.27. The van der Waals surface area contributed by atoms with Crippen LogP contribution < -0.4 is 0 Å². The maximum Gasteiger partial charge on any atom is 0.161 e. The van der Waals surface area contributed by atoms with Crippen molar-refractivity contribution in [2.75, 3.05) is 14.1 Å². The summed E-state index contributed by atoms with van der Waals surface area (Å²) in [5.41, 5.74) is 2.32. The monoisotopic (exact) mass is 422 g/mol. The molecule has 6 nitrogen and oxygen atoms in total. The maximum atomic E-state index is 14.7. The fraction of sp³-hybridized carbons (Fsp3) is 0.261. The Morgan fingerprint density at radius 1 is 1.06 bits per heavy atom. The SMILES string of the molecule is CC(CCc1nnc(-c2cc(F)c3[nH]nc(/C=C/c4ccc(F)cc4)c3c2)[nH]1)N(C)C. The van der Waals surface area contributed by atoms with Crippen molar-refractivity contribution in [1.82, 2.24) is 30.3 Å². The van der Waals surface area contributed by atoms with Crippen molar-refractivity contribution in [2.24, 2.45) is 0 Å². The highest BCUT2D eigenvalue weighted by molar-refractivity contribution is 5.92. The summed E-state index contributed by atoms with van der Waals surface area (Å²) >= 11 is 0. The minimum atomic E-state index is -0.416. The number of nitrogens with one attached hydrogen (secondary N) is 2. The number of benzene rings is 2. The van der Waals surface area contributed by atoms with E-state index in [9.17, 15) is 8.78 Å². The lowest BCUT2D eigenvalue weighted by Gasteiger charge is -2.18. The van der Waals surface area contributed by atoms with Crippen LogP contribution in [0.3, 0.4) is 0 Å². The fourth-order valence-corrected chi connectivity index (χ4v) is 3.25. The number of aromatic nitrogens is 5. The molecule has 2 aromatic carbocycles. The maximum absolute atomic E-state index is 14.7. The van der Waals surface area contributed by atoms with E-state index in [1.807, 2.05) is 20.2 Å². The third-order valence-corrected chi connectivity index (χ3v) is 5.45. The van der Waals surface area contributed by atoms with Crippen LogP contribution in [-0.4, -0.2) is 50.4 Å². The number of halogens is 2. The molecule has 0 aliphatic rings. The number of hydrogen-bond donors (Lipinski definition) is 2. The molecule has 4 rings (SSSR count). The predicted molar refractivity (Wildman–Crippen MR) is 118 cm³/mol. The zero-order valence-corrected chi connectivity index (χ0v) is 17.7. The van der Waals surface area contributed by atoms with E-state index in [0.717, 1.165) is 24.2 Å². The summed E-state index contributed by atoms with van der Waals surface area (Å²) in [4.78, 5) is 5.35. The van der Waals surface area contributed by atoms with E-state index in [4.69, 9.17) is 0 Å². The molecule has 0 amide bonds. The second kappa shape index (κ2) is 8.77. The normalized spacial score (nSPS) is 13.0. The first-order valence-corrected chi connectivity index (χ1v) is 10.1. The van der Waals surface area contributed by atoms with Gasteiger partial charge in [0.1, 0.15) is 23.0 Å². The van der Waals surface area contributed by atoms with Crippen LogP contribution in [0.2, 0.25) is 0 Å². The Morgan fingerprint density at radius 2 is 1.84 bits per heavy atom. The van der Waals surface area contributed by atoms with Gasteiger partial charge in [0.05, 0.1) is 5.69 Å². The van der Waals surface area contributed by atoms with Crippen LogP contribution in [-0.2, 0) is 6.42 Å². The van der Waals surface area contributed by atoms with Crippen LogP contribution in [0.5, 0.6) is 0 Å². The molecule has 0 fully saturated rings. The molecular weight excluding hydrogens is 398 g/mol. The van der Waals surface area contributed by atoms with Gasteiger partial charge in [-0.2, -0.15) is 5.10 Å². The van der Waals surface area contributed by atoms with Gasteiger partial charge in [-0.15, -0.1) is 10.2 Å². The van der Waals surface area contributed by atoms with Gasteiger partial charge in [-0.1, -0.05) is 18.2 Å². The zero-order chi connectivity index (χ0) is 22.0. The number of fused-ring (bicyclic) bond motifs is 1. The van der Waals surface area contributed by atoms with E-state index in [-0.39, 0.29) is 5.82 Å². The highest BCUT2D eigenvalue weighted by atomic mass is 19.1. The Bertz CT molecular complexity index is 1210. The van der Waals surface area contributed by atoms with Gasteiger partial charge in [-0.05, 0) is 63.3 Å². The number of rotatable bonds is 7. The molecule has 0 spiro atoms. The smallest absolute Gasteiger partial charge is 0.161 e. The first-order chi connectivity index (χ1) is 14.9. The summed E-state index contributed by atoms with van der Waals surface area (Å²) in [6.07, 6.45) is 5.27. The lowest BCUT2D eigenvalue weighted by molar-refractivity contribution is 0.298. The molecule has 160 valence electrons. The molecule has 1 atom stereocenters. The van der Waals surface area contributed by atoms with Gasteiger partial charge in [0.15, 0.2) is 5.82 Å². The van der Waals surface area contributed by atoms with Gasteiger partial charge in [0.25, 0.3) is 0 Å². The molecule has 2 aromatic heterocycles. The Kier molecular flexibility index (Phi) is 5.90. The van der Waals surface area contributed by atoms with Crippen LogP contribution in [0.25, 0.3) is 34.4 Å². The van der Waals surface area contributed by atoms with Crippen molar-refractivity contribution in [3.05, 3.63) is 65.1 Å². The zero-order valence-electron chi connectivity index (χ0n) is 17.7. The number of H-pyrrole nitrogens is 2. The average Bonchev–Trinajstić information content (AvgIpc) is 3.39. The first-order valence-electron chi connectivity index (χ1n) is 10.1. The van der Waals surface area contributed by atoms with E-state index in [0.29, 0.717) is 34.0 Å². The first kappa shape index (κ1) is 20.9. The number of hydrogen-bond acceptors (Lipinski definition) is 4. The second-order valence-electron chi connectivity index (χ2n) is 7.85.